The van der Waals surface area contributed by atoms with Crippen LogP contribution in [0.25, 0.3) is 33.4 Å². The molecule has 3 N–H and O–H groups in total. The molecule has 0 heterocycles. The van der Waals surface area contributed by atoms with Crippen LogP contribution in [0.15, 0.2) is 113 Å². The van der Waals surface area contributed by atoms with Crippen LogP contribution in [-0.4, -0.2) is 23.3 Å². The lowest BCUT2D eigenvalue weighted by atomic mass is 9.76. The number of hydrogen-bond donors (Lipinski definition) is 2. The molecule has 5 nitrogen and oxygen atoms in total. The summed E-state index contributed by atoms with van der Waals surface area (Å²) in [6.07, 6.45) is 31.3. The number of ketones is 2. The fourth-order valence-electron chi connectivity index (χ4n) is 14.5. The Morgan fingerprint density at radius 3 is 1.43 bits per heavy atom. The zero-order valence-electron chi connectivity index (χ0n) is 49.1. The predicted octanol–water partition coefficient (Wildman–Crippen LogP) is 21.0. The largest absolute Gasteiger partial charge is 0.507 e. The van der Waals surface area contributed by atoms with Crippen LogP contribution in [0.3, 0.4) is 0 Å². The van der Waals surface area contributed by atoms with Crippen LogP contribution in [-0.2, 0) is 0 Å². The quantitative estimate of drug-likeness (QED) is 0.0519. The number of benzene rings is 6. The first kappa shape index (κ1) is 57.6. The summed E-state index contributed by atoms with van der Waals surface area (Å²) in [6.45, 7) is 11.7. The van der Waals surface area contributed by atoms with Crippen molar-refractivity contribution in [2.75, 3.05) is 12.3 Å². The molecule has 0 atom stereocenters. The SMILES string of the molecule is CCCCCC1CCC(COc2c(C)cc(-c3ccc4c(c3N)C(=O)c3c(Sc5ccc(-c6ccc(C7CCC(CCCCC)CC7)cc6)cc5)cc(-c5ccc(C6CCC(CCCCC)CC6)cc5)c(O)c3C4=O)cc2C)CC1. The lowest BCUT2D eigenvalue weighted by molar-refractivity contribution is 0.0975. The van der Waals surface area contributed by atoms with Crippen LogP contribution >= 0.6 is 11.8 Å². The first-order valence-electron chi connectivity index (χ1n) is 31.7. The van der Waals surface area contributed by atoms with Crippen LogP contribution in [0.2, 0.25) is 0 Å². The molecule has 80 heavy (non-hydrogen) atoms. The van der Waals surface area contributed by atoms with Crippen molar-refractivity contribution in [1.29, 1.82) is 0 Å². The van der Waals surface area contributed by atoms with Crippen LogP contribution in [0.4, 0.5) is 5.69 Å². The summed E-state index contributed by atoms with van der Waals surface area (Å²) in [7, 11) is 0. The molecule has 4 aliphatic rings. The molecule has 422 valence electrons. The summed E-state index contributed by atoms with van der Waals surface area (Å²) in [5.74, 6) is 4.30. The third-order valence-corrected chi connectivity index (χ3v) is 20.5. The second kappa shape index (κ2) is 27.0. The van der Waals surface area contributed by atoms with Crippen molar-refractivity contribution in [1.82, 2.24) is 0 Å². The first-order valence-corrected chi connectivity index (χ1v) is 32.5. The van der Waals surface area contributed by atoms with E-state index in [0.29, 0.717) is 33.8 Å². The highest BCUT2D eigenvalue weighted by atomic mass is 32.2. The highest BCUT2D eigenvalue weighted by Gasteiger charge is 2.38. The van der Waals surface area contributed by atoms with Gasteiger partial charge < -0.3 is 15.6 Å². The number of nitrogen functional groups attached to an aromatic ring is 1. The summed E-state index contributed by atoms with van der Waals surface area (Å²) in [5.41, 5.74) is 18.1. The number of carbonyl (C=O) groups is 2. The number of anilines is 1. The molecule has 6 heteroatoms. The van der Waals surface area contributed by atoms with Gasteiger partial charge in [-0.3, -0.25) is 9.59 Å². The average molecular weight is 1090 g/mol. The number of aromatic hydroxyl groups is 1. The zero-order valence-corrected chi connectivity index (χ0v) is 49.9. The molecule has 0 saturated heterocycles. The second-order valence-corrected chi connectivity index (χ2v) is 26.2. The van der Waals surface area contributed by atoms with Gasteiger partial charge in [0.05, 0.1) is 29.0 Å². The van der Waals surface area contributed by atoms with Crippen LogP contribution < -0.4 is 10.5 Å². The lowest BCUT2D eigenvalue weighted by Crippen LogP contribution is -2.24. The van der Waals surface area contributed by atoms with Gasteiger partial charge >= 0.3 is 0 Å². The Morgan fingerprint density at radius 1 is 0.475 bits per heavy atom. The normalized spacial score (nSPS) is 21.1. The lowest BCUT2D eigenvalue weighted by Gasteiger charge is -2.29. The molecule has 0 amide bonds. The number of rotatable bonds is 22. The van der Waals surface area contributed by atoms with E-state index in [0.717, 1.165) is 62.8 Å². The molecule has 0 spiro atoms. The number of nitrogens with two attached hydrogens (primary N) is 1. The molecule has 0 unspecified atom stereocenters. The Balaban J connectivity index is 0.911. The monoisotopic (exact) mass is 1090 g/mol. The van der Waals surface area contributed by atoms with Gasteiger partial charge in [-0.15, -0.1) is 0 Å². The van der Waals surface area contributed by atoms with Crippen molar-refractivity contribution in [2.24, 2.45) is 23.7 Å². The van der Waals surface area contributed by atoms with E-state index in [1.807, 2.05) is 12.1 Å². The molecule has 4 aliphatic carbocycles. The van der Waals surface area contributed by atoms with E-state index in [1.165, 1.54) is 183 Å². The Hall–Kier alpha value is -5.59. The Labute approximate surface area is 484 Å². The molecule has 10 rings (SSSR count). The molecule has 6 aromatic carbocycles. The summed E-state index contributed by atoms with van der Waals surface area (Å²) in [5, 5.41) is 12.4. The summed E-state index contributed by atoms with van der Waals surface area (Å²) in [4.78, 5) is 32.0. The number of hydrogen-bond acceptors (Lipinski definition) is 6. The van der Waals surface area contributed by atoms with Crippen LogP contribution in [0, 0.1) is 37.5 Å². The molecule has 6 aromatic rings. The van der Waals surface area contributed by atoms with Gasteiger partial charge in [0.2, 0.25) is 0 Å². The van der Waals surface area contributed by atoms with E-state index in [4.69, 9.17) is 10.5 Å². The van der Waals surface area contributed by atoms with Gasteiger partial charge in [0, 0.05) is 26.5 Å². The van der Waals surface area contributed by atoms with Crippen molar-refractivity contribution < 1.29 is 19.4 Å². The van der Waals surface area contributed by atoms with Crippen molar-refractivity contribution in [2.45, 2.75) is 210 Å². The number of fused-ring (bicyclic) bond motifs is 2. The van der Waals surface area contributed by atoms with E-state index < -0.39 is 5.78 Å². The molecule has 0 aromatic heterocycles. The van der Waals surface area contributed by atoms with E-state index in [2.05, 4.69) is 120 Å². The van der Waals surface area contributed by atoms with Gasteiger partial charge in [-0.05, 0) is 194 Å². The highest BCUT2D eigenvalue weighted by molar-refractivity contribution is 7.99. The summed E-state index contributed by atoms with van der Waals surface area (Å²) in [6, 6.07) is 36.0. The smallest absolute Gasteiger partial charge is 0.198 e. The molecule has 0 bridgehead atoms. The topological polar surface area (TPSA) is 89.6 Å². The summed E-state index contributed by atoms with van der Waals surface area (Å²) >= 11 is 1.46. The van der Waals surface area contributed by atoms with Gasteiger partial charge in [0.25, 0.3) is 0 Å². The van der Waals surface area contributed by atoms with E-state index >= 15 is 9.59 Å². The molecule has 3 saturated carbocycles. The van der Waals surface area contributed by atoms with E-state index in [-0.39, 0.29) is 39.5 Å². The maximum Gasteiger partial charge on any atom is 0.198 e. The van der Waals surface area contributed by atoms with Gasteiger partial charge in [0.1, 0.15) is 11.5 Å². The number of aryl methyl sites for hydroxylation is 2. The number of phenols is 1. The second-order valence-electron chi connectivity index (χ2n) is 25.1. The molecule has 0 radical (unpaired) electrons. The van der Waals surface area contributed by atoms with Gasteiger partial charge in [-0.25, -0.2) is 0 Å². The molecule has 3 fully saturated rings. The van der Waals surface area contributed by atoms with Gasteiger partial charge in [-0.2, -0.15) is 0 Å². The number of unbranched alkanes of at least 4 members (excludes halogenated alkanes) is 6. The fourth-order valence-corrected chi connectivity index (χ4v) is 15.5. The highest BCUT2D eigenvalue weighted by Crippen LogP contribution is 2.49. The standard InChI is InChI=1S/C74H91NO4S/c1-6-9-12-15-50-18-20-53(21-19-50)47-79-74-48(4)44-61(45-49(74)5)63-42-43-64-67(70(63)75)73(78)68-66(80-62-40-38-59(39-41-62)57-32-30-56(31-33-57)54-26-22-51(23-27-54)16-13-10-7-2)46-65(72(77)69(68)71(64)76)60-36-34-58(35-37-60)55-28-24-52(25-29-55)17-14-11-8-3/h30-46,50-55,77H,6-29,47,75H2,1-5H3. The third kappa shape index (κ3) is 13.2. The number of ether oxygens (including phenoxy) is 1. The first-order chi connectivity index (χ1) is 39.0. The van der Waals surface area contributed by atoms with E-state index in [1.54, 1.807) is 6.07 Å². The number of phenolic OH excluding ortho intramolecular Hbond substituents is 1. The maximum absolute atomic E-state index is 15.4. The minimum absolute atomic E-state index is 0.0416. The van der Waals surface area contributed by atoms with Crippen LogP contribution in [0.5, 0.6) is 11.5 Å². The Bertz CT molecular complexity index is 3030. The zero-order chi connectivity index (χ0) is 55.7. The van der Waals surface area contributed by atoms with Crippen molar-refractivity contribution in [3.8, 4) is 44.9 Å². The molecular weight excluding hydrogens is 999 g/mol. The maximum atomic E-state index is 15.4. The minimum atomic E-state index is -0.397. The molecule has 0 aliphatic heterocycles. The Kier molecular flexibility index (Phi) is 19.4. The van der Waals surface area contributed by atoms with E-state index in [9.17, 15) is 5.11 Å². The summed E-state index contributed by atoms with van der Waals surface area (Å²) < 4.78 is 6.60. The predicted molar refractivity (Wildman–Crippen MR) is 335 cm³/mol. The van der Waals surface area contributed by atoms with Crippen molar-refractivity contribution >= 4 is 29.0 Å². The number of carbonyl (C=O) groups excluding carboxylic acids is 2. The minimum Gasteiger partial charge on any atom is -0.507 e. The van der Waals surface area contributed by atoms with Crippen LogP contribution in [0.1, 0.15) is 241 Å². The Morgan fingerprint density at radius 2 is 0.925 bits per heavy atom. The van der Waals surface area contributed by atoms with Crippen molar-refractivity contribution in [3.05, 3.63) is 148 Å². The fraction of sp³-hybridized carbons (Fsp3) is 0.486. The molecular formula is C74H91NO4S. The third-order valence-electron chi connectivity index (χ3n) is 19.5. The van der Waals surface area contributed by atoms with Gasteiger partial charge in [0.15, 0.2) is 11.6 Å². The van der Waals surface area contributed by atoms with Gasteiger partial charge in [-0.1, -0.05) is 189 Å². The van der Waals surface area contributed by atoms with Crippen molar-refractivity contribution in [3.63, 3.8) is 0 Å². The average Bonchev–Trinajstić information content (AvgIpc) is 3.55.